The lowest BCUT2D eigenvalue weighted by molar-refractivity contribution is 0.275. The summed E-state index contributed by atoms with van der Waals surface area (Å²) in [6, 6.07) is 0. The average Bonchev–Trinajstić information content (AvgIpc) is 2.44. The molecule has 0 aromatic carbocycles. The Morgan fingerprint density at radius 2 is 0.833 bits per heavy atom. The number of hydrogen-bond donors (Lipinski definition) is 3. The standard InChI is InChI=1S/C16H36P.ClH.FH.H3O4P/c1-5-9-13-17(14-10-6-2,15-11-7-3)16-12-8-4;;;1-5(2,3)4/h5-16H2,1-4H3;2*1H;(H3,1,2,3,4)/q+1;;;. The van der Waals surface area contributed by atoms with Crippen LogP contribution in [0.4, 0.5) is 4.70 Å². The summed E-state index contributed by atoms with van der Waals surface area (Å²) in [5.41, 5.74) is 0. The SMILES string of the molecule is CCCC[P+](CCCC)(CCCC)CCCC.Cl.F.O=P(O)(O)O. The second-order valence-corrected chi connectivity index (χ2v) is 11.7. The van der Waals surface area contributed by atoms with E-state index in [0.717, 1.165) is 0 Å². The monoisotopic (exact) mass is 413 g/mol. The molecule has 152 valence electrons. The van der Waals surface area contributed by atoms with Crippen LogP contribution < -0.4 is 0 Å². The van der Waals surface area contributed by atoms with Crippen LogP contribution in [0.3, 0.4) is 0 Å². The van der Waals surface area contributed by atoms with Crippen LogP contribution in [0.15, 0.2) is 0 Å². The number of hydrogen-bond acceptors (Lipinski definition) is 1. The molecule has 0 atom stereocenters. The largest absolute Gasteiger partial charge is 0.466 e. The number of phosphoric acid groups is 1. The fraction of sp³-hybridized carbons (Fsp3) is 1.00. The van der Waals surface area contributed by atoms with E-state index >= 15 is 0 Å². The fourth-order valence-corrected chi connectivity index (χ4v) is 7.93. The molecule has 0 rings (SSSR count). The smallest absolute Gasteiger partial charge is 0.303 e. The van der Waals surface area contributed by atoms with Crippen molar-refractivity contribution in [3.63, 3.8) is 0 Å². The topological polar surface area (TPSA) is 77.8 Å². The van der Waals surface area contributed by atoms with Crippen molar-refractivity contribution < 1.29 is 23.9 Å². The first-order valence-corrected chi connectivity index (χ1v) is 13.0. The molecule has 0 aliphatic rings. The van der Waals surface area contributed by atoms with Crippen LogP contribution in [-0.4, -0.2) is 39.3 Å². The summed E-state index contributed by atoms with van der Waals surface area (Å²) in [4.78, 5) is 21.6. The molecule has 4 nitrogen and oxygen atoms in total. The number of rotatable bonds is 12. The molecule has 24 heavy (non-hydrogen) atoms. The highest BCUT2D eigenvalue weighted by Gasteiger charge is 2.34. The Hall–Kier alpha value is 0.760. The number of halogens is 2. The minimum absolute atomic E-state index is 0. The van der Waals surface area contributed by atoms with Crippen LogP contribution in [0.2, 0.25) is 0 Å². The first-order chi connectivity index (χ1) is 10.2. The lowest BCUT2D eigenvalue weighted by Crippen LogP contribution is -2.12. The van der Waals surface area contributed by atoms with Gasteiger partial charge in [-0.3, -0.25) is 4.70 Å². The first-order valence-electron chi connectivity index (χ1n) is 8.88. The third kappa shape index (κ3) is 25.0. The zero-order valence-electron chi connectivity index (χ0n) is 15.9. The summed E-state index contributed by atoms with van der Waals surface area (Å²) >= 11 is 0. The van der Waals surface area contributed by atoms with Crippen molar-refractivity contribution in [1.29, 1.82) is 0 Å². The summed E-state index contributed by atoms with van der Waals surface area (Å²) in [6.45, 7) is 9.42. The fourth-order valence-electron chi connectivity index (χ4n) is 2.64. The molecule has 0 bridgehead atoms. The van der Waals surface area contributed by atoms with Crippen molar-refractivity contribution in [1.82, 2.24) is 0 Å². The van der Waals surface area contributed by atoms with Crippen molar-refractivity contribution in [2.24, 2.45) is 0 Å². The Morgan fingerprint density at radius 3 is 0.958 bits per heavy atom. The van der Waals surface area contributed by atoms with Gasteiger partial charge in [-0.05, 0) is 25.7 Å². The molecule has 3 N–H and O–H groups in total. The van der Waals surface area contributed by atoms with Gasteiger partial charge in [0.15, 0.2) is 0 Å². The zero-order chi connectivity index (χ0) is 17.5. The van der Waals surface area contributed by atoms with Gasteiger partial charge in [0.25, 0.3) is 0 Å². The van der Waals surface area contributed by atoms with Crippen molar-refractivity contribution in [2.75, 3.05) is 24.6 Å². The van der Waals surface area contributed by atoms with Crippen molar-refractivity contribution in [3.8, 4) is 0 Å². The van der Waals surface area contributed by atoms with Crippen LogP contribution in [0.25, 0.3) is 0 Å². The van der Waals surface area contributed by atoms with E-state index in [-0.39, 0.29) is 17.1 Å². The molecule has 0 aromatic heterocycles. The molecule has 0 aliphatic carbocycles. The van der Waals surface area contributed by atoms with Gasteiger partial charge in [0.2, 0.25) is 0 Å². The van der Waals surface area contributed by atoms with Crippen LogP contribution in [-0.2, 0) is 4.57 Å². The van der Waals surface area contributed by atoms with Crippen LogP contribution in [0.5, 0.6) is 0 Å². The maximum atomic E-state index is 8.88. The Bertz CT molecular complexity index is 245. The highest BCUT2D eigenvalue weighted by molar-refractivity contribution is 7.75. The molecule has 8 heteroatoms. The first kappa shape index (κ1) is 32.4. The van der Waals surface area contributed by atoms with Gasteiger partial charge in [0.1, 0.15) is 0 Å². The molecule has 0 fully saturated rings. The molecule has 0 aromatic rings. The highest BCUT2D eigenvalue weighted by Crippen LogP contribution is 2.61. The van der Waals surface area contributed by atoms with E-state index < -0.39 is 15.1 Å². The van der Waals surface area contributed by atoms with Crippen LogP contribution in [0, 0.1) is 0 Å². The second-order valence-electron chi connectivity index (χ2n) is 6.16. The summed E-state index contributed by atoms with van der Waals surface area (Å²) in [5, 5.41) is 0. The third-order valence-electron chi connectivity index (χ3n) is 3.94. The Labute approximate surface area is 155 Å². The minimum atomic E-state index is -4.64. The summed E-state index contributed by atoms with van der Waals surface area (Å²) in [6.07, 6.45) is 17.9. The van der Waals surface area contributed by atoms with Gasteiger partial charge in [-0.25, -0.2) is 4.57 Å². The van der Waals surface area contributed by atoms with Gasteiger partial charge < -0.3 is 14.7 Å². The summed E-state index contributed by atoms with van der Waals surface area (Å²) < 4.78 is 8.88. The van der Waals surface area contributed by atoms with Gasteiger partial charge in [-0.2, -0.15) is 0 Å². The summed E-state index contributed by atoms with van der Waals surface area (Å²) in [7, 11) is -5.20. The quantitative estimate of drug-likeness (QED) is 0.351. The maximum Gasteiger partial charge on any atom is 0.466 e. The molecule has 0 aliphatic heterocycles. The molecule has 0 amide bonds. The average molecular weight is 414 g/mol. The molecule has 0 spiro atoms. The van der Waals surface area contributed by atoms with E-state index in [9.17, 15) is 0 Å². The van der Waals surface area contributed by atoms with E-state index in [2.05, 4.69) is 27.7 Å². The van der Waals surface area contributed by atoms with E-state index in [1.807, 2.05) is 0 Å². The second kappa shape index (κ2) is 20.1. The van der Waals surface area contributed by atoms with Gasteiger partial charge in [-0.15, -0.1) is 12.4 Å². The molecule has 0 saturated heterocycles. The Kier molecular flexibility index (Phi) is 27.1. The van der Waals surface area contributed by atoms with Gasteiger partial charge in [0, 0.05) is 7.26 Å². The van der Waals surface area contributed by atoms with Crippen molar-refractivity contribution in [2.45, 2.75) is 79.1 Å². The van der Waals surface area contributed by atoms with Crippen LogP contribution in [0.1, 0.15) is 79.1 Å². The molecule has 0 radical (unpaired) electrons. The molecule has 0 unspecified atom stereocenters. The molecular formula is C16H41ClFO4P2+. The van der Waals surface area contributed by atoms with Crippen LogP contribution >= 0.6 is 27.5 Å². The van der Waals surface area contributed by atoms with Crippen molar-refractivity contribution >= 4 is 27.5 Å². The highest BCUT2D eigenvalue weighted by atomic mass is 35.5. The Balaban J connectivity index is -0.000000250. The number of unbranched alkanes of at least 4 members (excludes halogenated alkanes) is 4. The summed E-state index contributed by atoms with van der Waals surface area (Å²) in [5.74, 6) is 0. The van der Waals surface area contributed by atoms with Gasteiger partial charge in [-0.1, -0.05) is 53.4 Å². The predicted molar refractivity (Wildman–Crippen MR) is 110 cm³/mol. The predicted octanol–water partition coefficient (Wildman–Crippen LogP) is 5.85. The zero-order valence-corrected chi connectivity index (χ0v) is 18.6. The maximum absolute atomic E-state index is 8.88. The van der Waals surface area contributed by atoms with E-state index in [1.54, 1.807) is 24.6 Å². The van der Waals surface area contributed by atoms with Gasteiger partial charge >= 0.3 is 7.82 Å². The van der Waals surface area contributed by atoms with E-state index in [4.69, 9.17) is 19.2 Å². The normalized spacial score (nSPS) is 11.0. The van der Waals surface area contributed by atoms with Gasteiger partial charge in [0.05, 0.1) is 24.6 Å². The molecule has 0 saturated carbocycles. The lowest BCUT2D eigenvalue weighted by atomic mass is 10.4. The van der Waals surface area contributed by atoms with E-state index in [1.165, 1.54) is 51.4 Å². The Morgan fingerprint density at radius 1 is 0.667 bits per heavy atom. The molecular weight excluding hydrogens is 373 g/mol. The molecule has 0 heterocycles. The third-order valence-corrected chi connectivity index (χ3v) is 9.00. The lowest BCUT2D eigenvalue weighted by Gasteiger charge is -2.28. The van der Waals surface area contributed by atoms with E-state index in [0.29, 0.717) is 0 Å². The van der Waals surface area contributed by atoms with Crippen molar-refractivity contribution in [3.05, 3.63) is 0 Å². The minimum Gasteiger partial charge on any atom is -0.303 e.